The van der Waals surface area contributed by atoms with Crippen molar-refractivity contribution < 1.29 is 26.9 Å². The average molecular weight is 322 g/mol. The van der Waals surface area contributed by atoms with Gasteiger partial charge in [0.1, 0.15) is 5.75 Å². The van der Waals surface area contributed by atoms with Crippen molar-refractivity contribution in [3.8, 4) is 5.75 Å². The minimum atomic E-state index is -4.70. The number of halogens is 3. The van der Waals surface area contributed by atoms with Crippen LogP contribution >= 0.6 is 0 Å². The van der Waals surface area contributed by atoms with Gasteiger partial charge < -0.3 is 9.47 Å². The first-order valence-electron chi connectivity index (χ1n) is 6.64. The molecule has 1 aliphatic rings. The second-order valence-electron chi connectivity index (χ2n) is 4.99. The first-order chi connectivity index (χ1) is 9.78. The zero-order chi connectivity index (χ0) is 15.6. The Hall–Kier alpha value is -1.08. The molecule has 1 aliphatic heterocycles. The van der Waals surface area contributed by atoms with Crippen LogP contribution in [0.1, 0.15) is 31.1 Å². The summed E-state index contributed by atoms with van der Waals surface area (Å²) in [5.74, 6) is -0.276. The van der Waals surface area contributed by atoms with E-state index in [1.165, 1.54) is 24.3 Å². The van der Waals surface area contributed by atoms with Crippen molar-refractivity contribution in [2.24, 2.45) is 0 Å². The third kappa shape index (κ3) is 4.20. The Balaban J connectivity index is 2.05. The molecule has 4 unspecified atom stereocenters. The van der Waals surface area contributed by atoms with Crippen LogP contribution in [-0.2, 0) is 15.5 Å². The van der Waals surface area contributed by atoms with Crippen molar-refractivity contribution >= 4 is 10.8 Å². The first kappa shape index (κ1) is 16.3. The Morgan fingerprint density at radius 3 is 2.43 bits per heavy atom. The normalized spacial score (nSPS) is 25.6. The molecular formula is C14H17F3O3S. The van der Waals surface area contributed by atoms with E-state index in [-0.39, 0.29) is 22.4 Å². The van der Waals surface area contributed by atoms with Gasteiger partial charge >= 0.3 is 6.36 Å². The molecule has 1 aromatic carbocycles. The minimum absolute atomic E-state index is 0.0360. The molecule has 1 saturated heterocycles. The zero-order valence-electron chi connectivity index (χ0n) is 11.7. The molecular weight excluding hydrogens is 305 g/mol. The van der Waals surface area contributed by atoms with Gasteiger partial charge in [-0.15, -0.1) is 13.2 Å². The lowest BCUT2D eigenvalue weighted by atomic mass is 10.1. The van der Waals surface area contributed by atoms with Crippen molar-refractivity contribution in [2.75, 3.05) is 6.61 Å². The van der Waals surface area contributed by atoms with Crippen molar-refractivity contribution in [2.45, 2.75) is 43.2 Å². The van der Waals surface area contributed by atoms with E-state index in [2.05, 4.69) is 4.74 Å². The fourth-order valence-corrected chi connectivity index (χ4v) is 4.09. The monoisotopic (exact) mass is 322 g/mol. The maximum absolute atomic E-state index is 12.5. The topological polar surface area (TPSA) is 35.5 Å². The molecule has 0 N–H and O–H groups in total. The van der Waals surface area contributed by atoms with Gasteiger partial charge in [-0.1, -0.05) is 12.1 Å². The van der Waals surface area contributed by atoms with E-state index in [1.807, 2.05) is 6.92 Å². The Morgan fingerprint density at radius 2 is 1.95 bits per heavy atom. The maximum atomic E-state index is 12.5. The molecule has 1 heterocycles. The van der Waals surface area contributed by atoms with E-state index in [0.29, 0.717) is 6.61 Å². The second-order valence-corrected chi connectivity index (χ2v) is 6.96. The molecule has 4 atom stereocenters. The third-order valence-electron chi connectivity index (χ3n) is 3.54. The number of alkyl halides is 3. The lowest BCUT2D eigenvalue weighted by Gasteiger charge is -2.19. The van der Waals surface area contributed by atoms with Crippen LogP contribution in [0.3, 0.4) is 0 Å². The van der Waals surface area contributed by atoms with Crippen LogP contribution < -0.4 is 4.74 Å². The van der Waals surface area contributed by atoms with Gasteiger partial charge in [-0.2, -0.15) is 0 Å². The summed E-state index contributed by atoms with van der Waals surface area (Å²) in [5, 5.41) is -0.301. The van der Waals surface area contributed by atoms with Gasteiger partial charge in [-0.3, -0.25) is 4.21 Å². The van der Waals surface area contributed by atoms with Gasteiger partial charge in [-0.25, -0.2) is 0 Å². The minimum Gasteiger partial charge on any atom is -0.406 e. The summed E-state index contributed by atoms with van der Waals surface area (Å²) in [6.07, 6.45) is -4.01. The third-order valence-corrected chi connectivity index (χ3v) is 5.72. The van der Waals surface area contributed by atoms with E-state index < -0.39 is 17.2 Å². The summed E-state index contributed by atoms with van der Waals surface area (Å²) in [4.78, 5) is 0. The molecule has 0 bridgehead atoms. The predicted molar refractivity (Wildman–Crippen MR) is 73.5 cm³/mol. The average Bonchev–Trinajstić information content (AvgIpc) is 2.82. The maximum Gasteiger partial charge on any atom is 0.573 e. The predicted octanol–water partition coefficient (Wildman–Crippen LogP) is 3.57. The van der Waals surface area contributed by atoms with Crippen LogP contribution in [0.5, 0.6) is 5.75 Å². The SMILES string of the molecule is CC1OCCC1S(=O)C(C)c1ccc(OC(F)(F)F)cc1. The lowest BCUT2D eigenvalue weighted by molar-refractivity contribution is -0.274. The highest BCUT2D eigenvalue weighted by Crippen LogP contribution is 2.30. The van der Waals surface area contributed by atoms with E-state index in [4.69, 9.17) is 4.74 Å². The quantitative estimate of drug-likeness (QED) is 0.850. The summed E-state index contributed by atoms with van der Waals surface area (Å²) in [6, 6.07) is 5.52. The molecule has 7 heteroatoms. The Labute approximate surface area is 123 Å². The molecule has 3 nitrogen and oxygen atoms in total. The Morgan fingerprint density at radius 1 is 1.33 bits per heavy atom. The summed E-state index contributed by atoms with van der Waals surface area (Å²) >= 11 is 0. The standard InChI is InChI=1S/C14H17F3O3S/c1-9-13(7-8-19-9)21(18)10(2)11-3-5-12(6-4-11)20-14(15,16)17/h3-6,9-10,13H,7-8H2,1-2H3. The molecule has 0 amide bonds. The number of hydrogen-bond acceptors (Lipinski definition) is 3. The van der Waals surface area contributed by atoms with Crippen LogP contribution in [0.15, 0.2) is 24.3 Å². The van der Waals surface area contributed by atoms with Crippen LogP contribution in [0.2, 0.25) is 0 Å². The highest BCUT2D eigenvalue weighted by Gasteiger charge is 2.33. The Kier molecular flexibility index (Phi) is 4.93. The molecule has 1 fully saturated rings. The van der Waals surface area contributed by atoms with Crippen molar-refractivity contribution in [3.05, 3.63) is 29.8 Å². The zero-order valence-corrected chi connectivity index (χ0v) is 12.5. The molecule has 21 heavy (non-hydrogen) atoms. The smallest absolute Gasteiger partial charge is 0.406 e. The number of rotatable bonds is 4. The molecule has 0 aromatic heterocycles. The van der Waals surface area contributed by atoms with Crippen LogP contribution in [0.25, 0.3) is 0 Å². The molecule has 0 spiro atoms. The largest absolute Gasteiger partial charge is 0.573 e. The van der Waals surface area contributed by atoms with Crippen LogP contribution in [-0.4, -0.2) is 28.5 Å². The van der Waals surface area contributed by atoms with Gasteiger partial charge in [0.2, 0.25) is 0 Å². The van der Waals surface area contributed by atoms with Crippen molar-refractivity contribution in [1.29, 1.82) is 0 Å². The Bertz CT molecular complexity index is 501. The van der Waals surface area contributed by atoms with Gasteiger partial charge in [0, 0.05) is 17.4 Å². The van der Waals surface area contributed by atoms with Gasteiger partial charge in [0.25, 0.3) is 0 Å². The number of hydrogen-bond donors (Lipinski definition) is 0. The van der Waals surface area contributed by atoms with Crippen molar-refractivity contribution in [1.82, 2.24) is 0 Å². The number of benzene rings is 1. The molecule has 1 aromatic rings. The summed E-state index contributed by atoms with van der Waals surface area (Å²) < 4.78 is 58.0. The fraction of sp³-hybridized carbons (Fsp3) is 0.571. The highest BCUT2D eigenvalue weighted by molar-refractivity contribution is 7.86. The molecule has 118 valence electrons. The molecule has 0 saturated carbocycles. The molecule has 2 rings (SSSR count). The van der Waals surface area contributed by atoms with E-state index in [1.54, 1.807) is 6.92 Å². The van der Waals surface area contributed by atoms with E-state index in [0.717, 1.165) is 12.0 Å². The van der Waals surface area contributed by atoms with Crippen molar-refractivity contribution in [3.63, 3.8) is 0 Å². The summed E-state index contributed by atoms with van der Waals surface area (Å²) in [6.45, 7) is 4.30. The molecule has 0 aliphatic carbocycles. The number of ether oxygens (including phenoxy) is 2. The summed E-state index contributed by atoms with van der Waals surface area (Å²) in [5.41, 5.74) is 0.724. The second kappa shape index (κ2) is 6.36. The van der Waals surface area contributed by atoms with E-state index >= 15 is 0 Å². The van der Waals surface area contributed by atoms with Crippen LogP contribution in [0, 0.1) is 0 Å². The fourth-order valence-electron chi connectivity index (χ4n) is 2.35. The lowest BCUT2D eigenvalue weighted by Crippen LogP contribution is -2.26. The highest BCUT2D eigenvalue weighted by atomic mass is 32.2. The van der Waals surface area contributed by atoms with E-state index in [9.17, 15) is 17.4 Å². The molecule has 0 radical (unpaired) electrons. The van der Waals surface area contributed by atoms with Gasteiger partial charge in [0.05, 0.1) is 16.6 Å². The van der Waals surface area contributed by atoms with Crippen LogP contribution in [0.4, 0.5) is 13.2 Å². The van der Waals surface area contributed by atoms with Gasteiger partial charge in [0.15, 0.2) is 0 Å². The first-order valence-corrected chi connectivity index (χ1v) is 7.92. The van der Waals surface area contributed by atoms with Gasteiger partial charge in [-0.05, 0) is 38.0 Å². The summed E-state index contributed by atoms with van der Waals surface area (Å²) in [7, 11) is -1.13.